The van der Waals surface area contributed by atoms with Crippen LogP contribution in [-0.4, -0.2) is 7.11 Å². The smallest absolute Gasteiger partial charge is 0.164 e. The van der Waals surface area contributed by atoms with Crippen LogP contribution in [0.4, 0.5) is 0 Å². The molecule has 0 spiro atoms. The van der Waals surface area contributed by atoms with Gasteiger partial charge in [0.05, 0.1) is 7.11 Å². The Hall–Kier alpha value is -1.20. The summed E-state index contributed by atoms with van der Waals surface area (Å²) in [6, 6.07) is 0. The predicted molar refractivity (Wildman–Crippen MR) is 57.5 cm³/mol. The maximum absolute atomic E-state index is 5.10. The van der Waals surface area contributed by atoms with E-state index in [0.717, 1.165) is 11.3 Å². The molecule has 0 atom stereocenters. The van der Waals surface area contributed by atoms with Crippen molar-refractivity contribution in [3.05, 3.63) is 40.9 Å². The molecule has 1 aliphatic rings. The van der Waals surface area contributed by atoms with Gasteiger partial charge in [0.2, 0.25) is 0 Å². The number of hydrogen-bond acceptors (Lipinski definition) is 1. The first-order valence-electron chi connectivity index (χ1n) is 4.60. The van der Waals surface area contributed by atoms with E-state index in [2.05, 4.69) is 5.73 Å². The molecule has 0 bridgehead atoms. The molecule has 0 heterocycles. The zero-order valence-corrected chi connectivity index (χ0v) is 9.14. The Labute approximate surface area is 81.1 Å². The molecule has 0 saturated heterocycles. The summed E-state index contributed by atoms with van der Waals surface area (Å²) in [7, 11) is 1.66. The van der Waals surface area contributed by atoms with Crippen LogP contribution >= 0.6 is 0 Å². The molecule has 0 aromatic carbocycles. The number of hydrogen-bond donors (Lipinski definition) is 0. The van der Waals surface area contributed by atoms with Gasteiger partial charge in [-0.15, -0.1) is 0 Å². The monoisotopic (exact) mass is 178 g/mol. The Balaban J connectivity index is 0.000000671. The van der Waals surface area contributed by atoms with Gasteiger partial charge in [-0.25, -0.2) is 0 Å². The molecular weight excluding hydrogens is 160 g/mol. The SMILES string of the molecule is CC.COC1=C=CC(C)=CC=C1C. The molecule has 0 N–H and O–H groups in total. The van der Waals surface area contributed by atoms with Crippen LogP contribution in [0.25, 0.3) is 0 Å². The van der Waals surface area contributed by atoms with Crippen LogP contribution in [0.5, 0.6) is 0 Å². The normalized spacial score (nSPS) is 14.4. The topological polar surface area (TPSA) is 9.23 Å². The molecule has 1 rings (SSSR count). The highest BCUT2D eigenvalue weighted by Gasteiger charge is 1.98. The van der Waals surface area contributed by atoms with E-state index >= 15 is 0 Å². The molecule has 72 valence electrons. The Morgan fingerprint density at radius 1 is 1.15 bits per heavy atom. The lowest BCUT2D eigenvalue weighted by Crippen LogP contribution is -1.84. The molecule has 1 nitrogen and oxygen atoms in total. The molecule has 0 fully saturated rings. The second kappa shape index (κ2) is 6.33. The van der Waals surface area contributed by atoms with E-state index in [4.69, 9.17) is 4.74 Å². The van der Waals surface area contributed by atoms with Gasteiger partial charge in [-0.2, -0.15) is 0 Å². The van der Waals surface area contributed by atoms with Crippen LogP contribution in [0.2, 0.25) is 0 Å². The Morgan fingerprint density at radius 2 is 1.77 bits per heavy atom. The molecule has 1 aliphatic carbocycles. The summed E-state index contributed by atoms with van der Waals surface area (Å²) >= 11 is 0. The van der Waals surface area contributed by atoms with Crippen LogP contribution < -0.4 is 0 Å². The van der Waals surface area contributed by atoms with Gasteiger partial charge < -0.3 is 4.74 Å². The van der Waals surface area contributed by atoms with Crippen molar-refractivity contribution < 1.29 is 4.74 Å². The number of methoxy groups -OCH3 is 1. The standard InChI is InChI=1S/C10H12O.C2H6/c1-8-4-6-9(2)10(11-3)7-5-8;1-2/h4-6H,1-3H3;1-2H3. The maximum atomic E-state index is 5.10. The van der Waals surface area contributed by atoms with Crippen molar-refractivity contribution >= 4 is 0 Å². The third-order valence-electron chi connectivity index (χ3n) is 1.59. The average molecular weight is 178 g/mol. The molecule has 1 heteroatoms. The van der Waals surface area contributed by atoms with Gasteiger partial charge in [0, 0.05) is 0 Å². The largest absolute Gasteiger partial charge is 0.489 e. The van der Waals surface area contributed by atoms with Crippen LogP contribution in [0.15, 0.2) is 40.9 Å². The molecular formula is C12H18O. The molecule has 0 aromatic heterocycles. The van der Waals surface area contributed by atoms with Crippen LogP contribution in [-0.2, 0) is 4.74 Å². The Bertz CT molecular complexity index is 273. The van der Waals surface area contributed by atoms with Gasteiger partial charge in [-0.1, -0.05) is 31.7 Å². The van der Waals surface area contributed by atoms with Crippen molar-refractivity contribution in [2.24, 2.45) is 0 Å². The van der Waals surface area contributed by atoms with Gasteiger partial charge in [0.1, 0.15) is 0 Å². The van der Waals surface area contributed by atoms with Crippen molar-refractivity contribution in [3.8, 4) is 0 Å². The third-order valence-corrected chi connectivity index (χ3v) is 1.59. The minimum absolute atomic E-state index is 0.818. The van der Waals surface area contributed by atoms with E-state index in [0.29, 0.717) is 0 Å². The molecule has 13 heavy (non-hydrogen) atoms. The summed E-state index contributed by atoms with van der Waals surface area (Å²) < 4.78 is 5.10. The van der Waals surface area contributed by atoms with E-state index in [1.54, 1.807) is 7.11 Å². The van der Waals surface area contributed by atoms with Crippen LogP contribution in [0, 0.1) is 0 Å². The van der Waals surface area contributed by atoms with Crippen LogP contribution in [0.3, 0.4) is 0 Å². The van der Waals surface area contributed by atoms with E-state index in [9.17, 15) is 0 Å². The summed E-state index contributed by atoms with van der Waals surface area (Å²) in [6.07, 6.45) is 6.00. The molecule has 0 aliphatic heterocycles. The first-order valence-corrected chi connectivity index (χ1v) is 4.60. The van der Waals surface area contributed by atoms with Crippen molar-refractivity contribution in [3.63, 3.8) is 0 Å². The predicted octanol–water partition coefficient (Wildman–Crippen LogP) is 3.60. The highest BCUT2D eigenvalue weighted by molar-refractivity contribution is 5.35. The summed E-state index contributed by atoms with van der Waals surface area (Å²) in [5.41, 5.74) is 5.37. The zero-order valence-electron chi connectivity index (χ0n) is 9.14. The fourth-order valence-electron chi connectivity index (χ4n) is 0.893. The highest BCUT2D eigenvalue weighted by atomic mass is 16.5. The summed E-state index contributed by atoms with van der Waals surface area (Å²) in [6.45, 7) is 8.05. The minimum Gasteiger partial charge on any atom is -0.489 e. The highest BCUT2D eigenvalue weighted by Crippen LogP contribution is 2.12. The molecule has 0 radical (unpaired) electrons. The zero-order chi connectivity index (χ0) is 10.3. The average Bonchev–Trinajstić information content (AvgIpc) is 2.33. The maximum Gasteiger partial charge on any atom is 0.164 e. The van der Waals surface area contributed by atoms with Crippen molar-refractivity contribution in [1.29, 1.82) is 0 Å². The van der Waals surface area contributed by atoms with E-state index in [-0.39, 0.29) is 0 Å². The lowest BCUT2D eigenvalue weighted by molar-refractivity contribution is 0.302. The first-order chi connectivity index (χ1) is 6.24. The number of ether oxygens (including phenoxy) is 1. The molecule has 0 saturated carbocycles. The van der Waals surface area contributed by atoms with Crippen LogP contribution in [0.1, 0.15) is 27.7 Å². The summed E-state index contributed by atoms with van der Waals surface area (Å²) in [4.78, 5) is 0. The number of allylic oxidation sites excluding steroid dienone is 4. The first kappa shape index (κ1) is 11.8. The third kappa shape index (κ3) is 3.82. The summed E-state index contributed by atoms with van der Waals surface area (Å²) in [5, 5.41) is 0. The van der Waals surface area contributed by atoms with Gasteiger partial charge in [-0.05, 0) is 31.1 Å². The second-order valence-electron chi connectivity index (χ2n) is 2.58. The second-order valence-corrected chi connectivity index (χ2v) is 2.58. The van der Waals surface area contributed by atoms with E-state index < -0.39 is 0 Å². The lowest BCUT2D eigenvalue weighted by atomic mass is 10.2. The minimum atomic E-state index is 0.818. The van der Waals surface area contributed by atoms with Gasteiger partial charge in [0.15, 0.2) is 5.76 Å². The molecule has 0 unspecified atom stereocenters. The Morgan fingerprint density at radius 3 is 2.31 bits per heavy atom. The van der Waals surface area contributed by atoms with E-state index in [1.807, 2.05) is 45.9 Å². The van der Waals surface area contributed by atoms with Crippen molar-refractivity contribution in [1.82, 2.24) is 0 Å². The molecule has 0 amide bonds. The van der Waals surface area contributed by atoms with E-state index in [1.165, 1.54) is 5.57 Å². The lowest BCUT2D eigenvalue weighted by Gasteiger charge is -1.99. The van der Waals surface area contributed by atoms with Gasteiger partial charge in [-0.3, -0.25) is 0 Å². The quantitative estimate of drug-likeness (QED) is 0.557. The van der Waals surface area contributed by atoms with Gasteiger partial charge in [0.25, 0.3) is 0 Å². The fourth-order valence-corrected chi connectivity index (χ4v) is 0.893. The Kier molecular flexibility index (Phi) is 5.75. The fraction of sp³-hybridized carbons (Fsp3) is 0.417. The molecule has 0 aromatic rings. The summed E-state index contributed by atoms with van der Waals surface area (Å²) in [5.74, 6) is 0.818. The van der Waals surface area contributed by atoms with Crippen molar-refractivity contribution in [2.45, 2.75) is 27.7 Å². The van der Waals surface area contributed by atoms with Crippen molar-refractivity contribution in [2.75, 3.05) is 7.11 Å². The number of rotatable bonds is 1. The van der Waals surface area contributed by atoms with Gasteiger partial charge >= 0.3 is 0 Å².